The van der Waals surface area contributed by atoms with Gasteiger partial charge in [0, 0.05) is 19.6 Å². The van der Waals surface area contributed by atoms with Gasteiger partial charge in [0.1, 0.15) is 0 Å². The molecule has 0 amide bonds. The number of likely N-dealkylation sites (tertiary alicyclic amines) is 1. The second kappa shape index (κ2) is 5.95. The molecule has 1 saturated heterocycles. The molecule has 0 aromatic carbocycles. The summed E-state index contributed by atoms with van der Waals surface area (Å²) in [7, 11) is -3.08. The minimum absolute atomic E-state index is 0.273. The van der Waals surface area contributed by atoms with Crippen molar-refractivity contribution in [2.45, 2.75) is 25.9 Å². The molecule has 96 valence electrons. The first-order valence-electron chi connectivity index (χ1n) is 5.73. The molecule has 0 aromatic rings. The Labute approximate surface area is 97.9 Å². The van der Waals surface area contributed by atoms with Gasteiger partial charge in [-0.3, -0.25) is 0 Å². The summed E-state index contributed by atoms with van der Waals surface area (Å²) >= 11 is 0. The molecule has 6 heteroatoms. The quantitative estimate of drug-likeness (QED) is 0.698. The summed E-state index contributed by atoms with van der Waals surface area (Å²) in [6.07, 6.45) is 3.04. The predicted octanol–water partition coefficient (Wildman–Crippen LogP) is -0.372. The summed E-state index contributed by atoms with van der Waals surface area (Å²) in [5.41, 5.74) is 0. The third kappa shape index (κ3) is 5.25. The molecule has 0 radical (unpaired) electrons. The zero-order valence-corrected chi connectivity index (χ0v) is 10.8. The highest BCUT2D eigenvalue weighted by atomic mass is 32.2. The topological polar surface area (TPSA) is 69.6 Å². The number of nitrogens with one attached hydrogen (secondary N) is 1. The highest BCUT2D eigenvalue weighted by Gasteiger charge is 2.22. The van der Waals surface area contributed by atoms with E-state index >= 15 is 0 Å². The Bertz CT molecular complexity index is 303. The fraction of sp³-hybridized carbons (Fsp3) is 1.00. The van der Waals surface area contributed by atoms with E-state index in [1.54, 1.807) is 0 Å². The van der Waals surface area contributed by atoms with Crippen LogP contribution in [0.25, 0.3) is 0 Å². The van der Waals surface area contributed by atoms with Gasteiger partial charge < -0.3 is 10.0 Å². The molecule has 0 saturated carbocycles. The average molecular weight is 250 g/mol. The summed E-state index contributed by atoms with van der Waals surface area (Å²) < 4.78 is 24.2. The number of aliphatic hydroxyl groups is 1. The number of hydrogen-bond acceptors (Lipinski definition) is 4. The van der Waals surface area contributed by atoms with Crippen molar-refractivity contribution in [3.63, 3.8) is 0 Å². The molecule has 16 heavy (non-hydrogen) atoms. The monoisotopic (exact) mass is 250 g/mol. The lowest BCUT2D eigenvalue weighted by Crippen LogP contribution is -2.43. The molecule has 1 aliphatic rings. The summed E-state index contributed by atoms with van der Waals surface area (Å²) in [5, 5.41) is 9.51. The molecule has 2 atom stereocenters. The van der Waals surface area contributed by atoms with Gasteiger partial charge in [0.2, 0.25) is 10.0 Å². The molecular formula is C10H22N2O3S. The first-order valence-corrected chi connectivity index (χ1v) is 7.62. The van der Waals surface area contributed by atoms with Crippen molar-refractivity contribution in [3.8, 4) is 0 Å². The molecule has 2 unspecified atom stereocenters. The first kappa shape index (κ1) is 13.9. The maximum atomic E-state index is 10.9. The van der Waals surface area contributed by atoms with Crippen LogP contribution in [0.4, 0.5) is 0 Å². The largest absolute Gasteiger partial charge is 0.393 e. The molecule has 0 spiro atoms. The Balaban J connectivity index is 2.27. The van der Waals surface area contributed by atoms with Crippen LogP contribution in [0.1, 0.15) is 19.8 Å². The molecule has 1 fully saturated rings. The number of sulfonamides is 1. The highest BCUT2D eigenvalue weighted by molar-refractivity contribution is 7.88. The minimum atomic E-state index is -3.08. The van der Waals surface area contributed by atoms with Crippen LogP contribution >= 0.6 is 0 Å². The number of aliphatic hydroxyl groups excluding tert-OH is 1. The predicted molar refractivity (Wildman–Crippen MR) is 63.7 cm³/mol. The van der Waals surface area contributed by atoms with Crippen LogP contribution in [0, 0.1) is 5.92 Å². The van der Waals surface area contributed by atoms with Crippen LogP contribution in [0.15, 0.2) is 0 Å². The van der Waals surface area contributed by atoms with E-state index in [1.165, 1.54) is 6.26 Å². The summed E-state index contributed by atoms with van der Waals surface area (Å²) in [5.74, 6) is 0.326. The van der Waals surface area contributed by atoms with E-state index in [0.29, 0.717) is 12.5 Å². The lowest BCUT2D eigenvalue weighted by molar-refractivity contribution is 0.0638. The van der Waals surface area contributed by atoms with E-state index in [9.17, 15) is 13.5 Å². The van der Waals surface area contributed by atoms with Gasteiger partial charge in [-0.15, -0.1) is 0 Å². The Morgan fingerprint density at radius 1 is 1.56 bits per heavy atom. The van der Waals surface area contributed by atoms with Crippen LogP contribution in [-0.4, -0.2) is 57.0 Å². The Morgan fingerprint density at radius 2 is 2.25 bits per heavy atom. The van der Waals surface area contributed by atoms with Gasteiger partial charge in [-0.05, 0) is 32.2 Å². The smallest absolute Gasteiger partial charge is 0.208 e. The van der Waals surface area contributed by atoms with Crippen molar-refractivity contribution in [1.29, 1.82) is 0 Å². The van der Waals surface area contributed by atoms with Gasteiger partial charge in [0.15, 0.2) is 0 Å². The fourth-order valence-electron chi connectivity index (χ4n) is 2.08. The number of piperidine rings is 1. The SMILES string of the molecule is CC(O)C1CCCN(CCNS(C)(=O)=O)C1. The highest BCUT2D eigenvalue weighted by Crippen LogP contribution is 2.18. The van der Waals surface area contributed by atoms with E-state index in [1.807, 2.05) is 6.92 Å². The van der Waals surface area contributed by atoms with Crippen LogP contribution in [-0.2, 0) is 10.0 Å². The Hall–Kier alpha value is -0.170. The van der Waals surface area contributed by atoms with E-state index in [0.717, 1.165) is 32.5 Å². The number of nitrogens with zero attached hydrogens (tertiary/aromatic N) is 1. The average Bonchev–Trinajstić information content (AvgIpc) is 2.16. The van der Waals surface area contributed by atoms with Crippen molar-refractivity contribution in [1.82, 2.24) is 9.62 Å². The maximum absolute atomic E-state index is 10.9. The first-order chi connectivity index (χ1) is 7.38. The van der Waals surface area contributed by atoms with E-state index in [-0.39, 0.29) is 6.10 Å². The second-order valence-corrected chi connectivity index (χ2v) is 6.44. The normalized spacial score (nSPS) is 25.6. The standard InChI is InChI=1S/C10H22N2O3S/c1-9(13)10-4-3-6-12(8-10)7-5-11-16(2,14)15/h9-11,13H,3-8H2,1-2H3. The molecular weight excluding hydrogens is 228 g/mol. The lowest BCUT2D eigenvalue weighted by Gasteiger charge is -2.34. The molecule has 1 aliphatic heterocycles. The molecule has 0 aromatic heterocycles. The van der Waals surface area contributed by atoms with Gasteiger partial charge in [-0.1, -0.05) is 0 Å². The zero-order valence-electron chi connectivity index (χ0n) is 10.0. The van der Waals surface area contributed by atoms with Crippen molar-refractivity contribution in [2.24, 2.45) is 5.92 Å². The van der Waals surface area contributed by atoms with Crippen molar-refractivity contribution < 1.29 is 13.5 Å². The molecule has 2 N–H and O–H groups in total. The third-order valence-corrected chi connectivity index (χ3v) is 3.74. The Morgan fingerprint density at radius 3 is 2.81 bits per heavy atom. The van der Waals surface area contributed by atoms with Crippen LogP contribution in [0.3, 0.4) is 0 Å². The van der Waals surface area contributed by atoms with Gasteiger partial charge in [-0.2, -0.15) is 0 Å². The molecule has 0 bridgehead atoms. The summed E-state index contributed by atoms with van der Waals surface area (Å²) in [6, 6.07) is 0. The van der Waals surface area contributed by atoms with Gasteiger partial charge in [0.05, 0.1) is 12.4 Å². The number of hydrogen-bond donors (Lipinski definition) is 2. The van der Waals surface area contributed by atoms with Crippen molar-refractivity contribution in [2.75, 3.05) is 32.4 Å². The Kier molecular flexibility index (Phi) is 5.17. The van der Waals surface area contributed by atoms with E-state index < -0.39 is 10.0 Å². The van der Waals surface area contributed by atoms with Crippen molar-refractivity contribution >= 4 is 10.0 Å². The second-order valence-electron chi connectivity index (χ2n) is 4.61. The van der Waals surface area contributed by atoms with E-state index in [2.05, 4.69) is 9.62 Å². The molecule has 5 nitrogen and oxygen atoms in total. The van der Waals surface area contributed by atoms with E-state index in [4.69, 9.17) is 0 Å². The molecule has 0 aliphatic carbocycles. The third-order valence-electron chi connectivity index (χ3n) is 3.02. The zero-order chi connectivity index (χ0) is 12.2. The fourth-order valence-corrected chi connectivity index (χ4v) is 2.54. The maximum Gasteiger partial charge on any atom is 0.208 e. The number of rotatable bonds is 5. The van der Waals surface area contributed by atoms with Crippen LogP contribution < -0.4 is 4.72 Å². The summed E-state index contributed by atoms with van der Waals surface area (Å²) in [6.45, 7) is 4.85. The lowest BCUT2D eigenvalue weighted by atomic mass is 9.93. The summed E-state index contributed by atoms with van der Waals surface area (Å²) in [4.78, 5) is 2.21. The van der Waals surface area contributed by atoms with Gasteiger partial charge in [0.25, 0.3) is 0 Å². The minimum Gasteiger partial charge on any atom is -0.393 e. The van der Waals surface area contributed by atoms with Gasteiger partial charge in [-0.25, -0.2) is 13.1 Å². The van der Waals surface area contributed by atoms with Crippen LogP contribution in [0.2, 0.25) is 0 Å². The molecule has 1 heterocycles. The molecule has 1 rings (SSSR count). The van der Waals surface area contributed by atoms with Gasteiger partial charge >= 0.3 is 0 Å². The van der Waals surface area contributed by atoms with Crippen LogP contribution in [0.5, 0.6) is 0 Å². The van der Waals surface area contributed by atoms with Crippen molar-refractivity contribution in [3.05, 3.63) is 0 Å².